The monoisotopic (exact) mass is 281 g/mol. The van der Waals surface area contributed by atoms with Crippen LogP contribution in [0.4, 0.5) is 5.69 Å². The first kappa shape index (κ1) is 11.6. The third-order valence-corrected chi connectivity index (χ3v) is 3.91. The molecule has 1 saturated heterocycles. The lowest BCUT2D eigenvalue weighted by atomic mass is 10.0. The van der Waals surface area contributed by atoms with Crippen molar-refractivity contribution in [1.29, 1.82) is 0 Å². The van der Waals surface area contributed by atoms with Crippen molar-refractivity contribution < 1.29 is 4.79 Å². The maximum atomic E-state index is 11.8. The Labute approximate surface area is 105 Å². The van der Waals surface area contributed by atoms with Gasteiger partial charge in [-0.2, -0.15) is 0 Å². The fourth-order valence-electron chi connectivity index (χ4n) is 2.08. The van der Waals surface area contributed by atoms with Gasteiger partial charge >= 0.3 is 0 Å². The van der Waals surface area contributed by atoms with Crippen LogP contribution in [-0.4, -0.2) is 17.3 Å². The van der Waals surface area contributed by atoms with Gasteiger partial charge in [-0.15, -0.1) is 0 Å². The van der Waals surface area contributed by atoms with Crippen LogP contribution in [0.3, 0.4) is 0 Å². The van der Waals surface area contributed by atoms with E-state index >= 15 is 0 Å². The smallest absolute Gasteiger partial charge is 0.228 e. The molecule has 1 aromatic rings. The number of carbonyl (C=O) groups excluding carboxylic acids is 1. The SMILES string of the molecule is Cc1cc(N2CC(Br)CC2=O)cc(C)c1C. The highest BCUT2D eigenvalue weighted by molar-refractivity contribution is 9.09. The summed E-state index contributed by atoms with van der Waals surface area (Å²) in [4.78, 5) is 14.0. The summed E-state index contributed by atoms with van der Waals surface area (Å²) in [7, 11) is 0. The van der Waals surface area contributed by atoms with Gasteiger partial charge in [-0.1, -0.05) is 15.9 Å². The van der Waals surface area contributed by atoms with Crippen LogP contribution in [0.15, 0.2) is 12.1 Å². The zero-order chi connectivity index (χ0) is 11.9. The van der Waals surface area contributed by atoms with Gasteiger partial charge in [0.15, 0.2) is 0 Å². The standard InChI is InChI=1S/C13H16BrNO/c1-8-4-12(5-9(2)10(8)3)15-7-11(14)6-13(15)16/h4-5,11H,6-7H2,1-3H3. The lowest BCUT2D eigenvalue weighted by molar-refractivity contribution is -0.117. The zero-order valence-corrected chi connectivity index (χ0v) is 11.5. The van der Waals surface area contributed by atoms with E-state index in [1.165, 1.54) is 16.7 Å². The van der Waals surface area contributed by atoms with Gasteiger partial charge in [-0.25, -0.2) is 0 Å². The topological polar surface area (TPSA) is 20.3 Å². The van der Waals surface area contributed by atoms with Gasteiger partial charge in [0.2, 0.25) is 5.91 Å². The second kappa shape index (κ2) is 4.21. The van der Waals surface area contributed by atoms with Crippen LogP contribution >= 0.6 is 15.9 Å². The number of halogens is 1. The Balaban J connectivity index is 2.38. The molecular weight excluding hydrogens is 266 g/mol. The molecule has 0 aromatic heterocycles. The van der Waals surface area contributed by atoms with E-state index in [1.54, 1.807) is 0 Å². The number of hydrogen-bond donors (Lipinski definition) is 0. The molecule has 0 bridgehead atoms. The maximum absolute atomic E-state index is 11.8. The lowest BCUT2D eigenvalue weighted by Gasteiger charge is -2.18. The van der Waals surface area contributed by atoms with Crippen molar-refractivity contribution >= 4 is 27.5 Å². The normalized spacial score (nSPS) is 20.6. The molecule has 1 unspecified atom stereocenters. The number of rotatable bonds is 1. The second-order valence-electron chi connectivity index (χ2n) is 4.51. The molecule has 1 aliphatic heterocycles. The summed E-state index contributed by atoms with van der Waals surface area (Å²) >= 11 is 3.51. The third-order valence-electron chi connectivity index (χ3n) is 3.30. The minimum Gasteiger partial charge on any atom is -0.311 e. The number of benzene rings is 1. The van der Waals surface area contributed by atoms with Crippen molar-refractivity contribution in [3.8, 4) is 0 Å². The van der Waals surface area contributed by atoms with Crippen molar-refractivity contribution in [1.82, 2.24) is 0 Å². The third kappa shape index (κ3) is 2.01. The molecule has 0 saturated carbocycles. The van der Waals surface area contributed by atoms with E-state index in [-0.39, 0.29) is 5.91 Å². The Hall–Kier alpha value is -0.830. The van der Waals surface area contributed by atoms with Crippen LogP contribution < -0.4 is 4.90 Å². The van der Waals surface area contributed by atoms with Crippen LogP contribution in [-0.2, 0) is 4.79 Å². The maximum Gasteiger partial charge on any atom is 0.228 e. The number of aryl methyl sites for hydroxylation is 2. The molecule has 0 radical (unpaired) electrons. The number of anilines is 1. The molecule has 1 heterocycles. The fraction of sp³-hybridized carbons (Fsp3) is 0.462. The van der Waals surface area contributed by atoms with E-state index in [1.807, 2.05) is 4.90 Å². The molecule has 1 atom stereocenters. The van der Waals surface area contributed by atoms with Crippen LogP contribution in [0.5, 0.6) is 0 Å². The van der Waals surface area contributed by atoms with Gasteiger partial charge in [0.25, 0.3) is 0 Å². The molecule has 0 aliphatic carbocycles. The summed E-state index contributed by atoms with van der Waals surface area (Å²) in [6.45, 7) is 7.09. The van der Waals surface area contributed by atoms with Crippen LogP contribution in [0.2, 0.25) is 0 Å². The highest BCUT2D eigenvalue weighted by atomic mass is 79.9. The molecule has 1 aliphatic rings. The molecular formula is C13H16BrNO. The summed E-state index contributed by atoms with van der Waals surface area (Å²) in [6.07, 6.45) is 0.603. The average Bonchev–Trinajstić information content (AvgIpc) is 2.53. The van der Waals surface area contributed by atoms with Crippen molar-refractivity contribution in [2.24, 2.45) is 0 Å². The summed E-state index contributed by atoms with van der Waals surface area (Å²) < 4.78 is 0. The first-order valence-corrected chi connectivity index (χ1v) is 6.43. The molecule has 0 N–H and O–H groups in total. The van der Waals surface area contributed by atoms with Gasteiger partial charge < -0.3 is 4.90 Å². The molecule has 1 aromatic carbocycles. The van der Waals surface area contributed by atoms with Gasteiger partial charge in [0.1, 0.15) is 0 Å². The second-order valence-corrected chi connectivity index (χ2v) is 5.81. The highest BCUT2D eigenvalue weighted by Gasteiger charge is 2.28. The minimum absolute atomic E-state index is 0.213. The predicted molar refractivity (Wildman–Crippen MR) is 70.3 cm³/mol. The summed E-state index contributed by atoms with van der Waals surface area (Å²) in [5, 5.41) is 0. The summed E-state index contributed by atoms with van der Waals surface area (Å²) in [6, 6.07) is 4.20. The average molecular weight is 282 g/mol. The van der Waals surface area contributed by atoms with Crippen molar-refractivity contribution in [3.63, 3.8) is 0 Å². The van der Waals surface area contributed by atoms with Gasteiger partial charge in [0.05, 0.1) is 0 Å². The Morgan fingerprint density at radius 3 is 2.25 bits per heavy atom. The van der Waals surface area contributed by atoms with E-state index in [4.69, 9.17) is 0 Å². The van der Waals surface area contributed by atoms with Crippen molar-refractivity contribution in [2.75, 3.05) is 11.4 Å². The van der Waals surface area contributed by atoms with Gasteiger partial charge in [-0.05, 0) is 49.6 Å². The quantitative estimate of drug-likeness (QED) is 0.725. The molecule has 1 fully saturated rings. The first-order valence-electron chi connectivity index (χ1n) is 5.51. The number of hydrogen-bond acceptors (Lipinski definition) is 1. The number of nitrogens with zero attached hydrogens (tertiary/aromatic N) is 1. The van der Waals surface area contributed by atoms with E-state index < -0.39 is 0 Å². The number of alkyl halides is 1. The lowest BCUT2D eigenvalue weighted by Crippen LogP contribution is -2.24. The van der Waals surface area contributed by atoms with Crippen molar-refractivity contribution in [3.05, 3.63) is 28.8 Å². The summed E-state index contributed by atoms with van der Waals surface area (Å²) in [5.74, 6) is 0.213. The largest absolute Gasteiger partial charge is 0.311 e. The Kier molecular flexibility index (Phi) is 3.06. The van der Waals surface area contributed by atoms with E-state index in [0.29, 0.717) is 11.2 Å². The Morgan fingerprint density at radius 1 is 1.25 bits per heavy atom. The molecule has 2 rings (SSSR count). The zero-order valence-electron chi connectivity index (χ0n) is 9.88. The minimum atomic E-state index is 0.213. The van der Waals surface area contributed by atoms with Gasteiger partial charge in [0, 0.05) is 23.5 Å². The Bertz CT molecular complexity index is 419. The highest BCUT2D eigenvalue weighted by Crippen LogP contribution is 2.28. The molecule has 1 amide bonds. The molecule has 2 nitrogen and oxygen atoms in total. The molecule has 86 valence electrons. The molecule has 3 heteroatoms. The number of amides is 1. The van der Waals surface area contributed by atoms with Crippen LogP contribution in [0.25, 0.3) is 0 Å². The van der Waals surface area contributed by atoms with E-state index in [2.05, 4.69) is 48.8 Å². The van der Waals surface area contributed by atoms with E-state index in [0.717, 1.165) is 12.2 Å². The number of carbonyl (C=O) groups is 1. The summed E-state index contributed by atoms with van der Waals surface area (Å²) in [5.41, 5.74) is 4.85. The molecule has 0 spiro atoms. The predicted octanol–water partition coefficient (Wildman–Crippen LogP) is 3.11. The Morgan fingerprint density at radius 2 is 1.81 bits per heavy atom. The van der Waals surface area contributed by atoms with Crippen LogP contribution in [0, 0.1) is 20.8 Å². The van der Waals surface area contributed by atoms with E-state index in [9.17, 15) is 4.79 Å². The van der Waals surface area contributed by atoms with Gasteiger partial charge in [-0.3, -0.25) is 4.79 Å². The molecule has 16 heavy (non-hydrogen) atoms. The first-order chi connectivity index (χ1) is 7.49. The fourth-order valence-corrected chi connectivity index (χ4v) is 2.65. The van der Waals surface area contributed by atoms with Crippen molar-refractivity contribution in [2.45, 2.75) is 32.0 Å². The van der Waals surface area contributed by atoms with Crippen LogP contribution in [0.1, 0.15) is 23.1 Å².